The van der Waals surface area contributed by atoms with Gasteiger partial charge in [0.15, 0.2) is 5.41 Å². The molecular formula is C22H16ClNO4. The number of nitriles is 1. The molecule has 2 aromatic rings. The molecule has 0 aromatic heterocycles. The Morgan fingerprint density at radius 3 is 2.29 bits per heavy atom. The Kier molecular flexibility index (Phi) is 4.06. The van der Waals surface area contributed by atoms with Crippen LogP contribution in [0.25, 0.3) is 5.57 Å². The molecule has 2 aliphatic carbocycles. The number of ether oxygens (including phenoxy) is 2. The smallest absolute Gasteiger partial charge is 0.325 e. The lowest BCUT2D eigenvalue weighted by molar-refractivity contribution is -0.162. The summed E-state index contributed by atoms with van der Waals surface area (Å²) in [6, 6.07) is 16.5. The van der Waals surface area contributed by atoms with E-state index in [0.717, 1.165) is 5.56 Å². The normalized spacial score (nSPS) is 23.4. The van der Waals surface area contributed by atoms with E-state index in [4.69, 9.17) is 21.1 Å². The second-order valence-electron chi connectivity index (χ2n) is 6.86. The van der Waals surface area contributed by atoms with Gasteiger partial charge in [-0.25, -0.2) is 0 Å². The maximum Gasteiger partial charge on any atom is 0.325 e. The van der Waals surface area contributed by atoms with Crippen LogP contribution in [0.5, 0.6) is 0 Å². The number of nitrogens with zero attached hydrogens (tertiary/aromatic N) is 1. The minimum atomic E-state index is -1.63. The van der Waals surface area contributed by atoms with Crippen molar-refractivity contribution in [2.45, 2.75) is 11.3 Å². The zero-order valence-electron chi connectivity index (χ0n) is 15.2. The van der Waals surface area contributed by atoms with Gasteiger partial charge in [0.25, 0.3) is 0 Å². The molecular weight excluding hydrogens is 378 g/mol. The first-order valence-electron chi connectivity index (χ1n) is 8.64. The summed E-state index contributed by atoms with van der Waals surface area (Å²) in [5, 5.41) is 10.1. The lowest BCUT2D eigenvalue weighted by Gasteiger charge is -2.18. The molecule has 28 heavy (non-hydrogen) atoms. The van der Waals surface area contributed by atoms with Gasteiger partial charge in [-0.1, -0.05) is 54.1 Å². The number of rotatable bonds is 3. The van der Waals surface area contributed by atoms with E-state index in [0.29, 0.717) is 21.7 Å². The van der Waals surface area contributed by atoms with Crippen molar-refractivity contribution in [2.24, 2.45) is 5.41 Å². The van der Waals surface area contributed by atoms with Crippen molar-refractivity contribution < 1.29 is 19.1 Å². The zero-order chi connectivity index (χ0) is 20.1. The summed E-state index contributed by atoms with van der Waals surface area (Å²) in [7, 11) is 2.48. The molecule has 0 bridgehead atoms. The summed E-state index contributed by atoms with van der Waals surface area (Å²) in [5.41, 5.74) is -0.249. The molecule has 2 atom stereocenters. The quantitative estimate of drug-likeness (QED) is 0.588. The molecule has 1 saturated carbocycles. The number of hydrogen-bond donors (Lipinski definition) is 0. The van der Waals surface area contributed by atoms with E-state index in [9.17, 15) is 14.9 Å². The molecule has 5 nitrogen and oxygen atoms in total. The van der Waals surface area contributed by atoms with Crippen LogP contribution in [0.15, 0.2) is 54.6 Å². The van der Waals surface area contributed by atoms with E-state index in [1.165, 1.54) is 14.2 Å². The Balaban J connectivity index is 2.08. The van der Waals surface area contributed by atoms with Gasteiger partial charge in [0.2, 0.25) is 0 Å². The largest absolute Gasteiger partial charge is 0.468 e. The molecule has 4 rings (SSSR count). The van der Waals surface area contributed by atoms with Crippen molar-refractivity contribution in [3.63, 3.8) is 0 Å². The highest BCUT2D eigenvalue weighted by Gasteiger charge is 2.87. The Bertz CT molecular complexity index is 1050. The van der Waals surface area contributed by atoms with Crippen molar-refractivity contribution in [1.82, 2.24) is 0 Å². The van der Waals surface area contributed by atoms with Gasteiger partial charge in [0.1, 0.15) is 0 Å². The third kappa shape index (κ3) is 2.01. The molecule has 0 N–H and O–H groups in total. The first-order chi connectivity index (χ1) is 13.5. The molecule has 0 unspecified atom stereocenters. The number of methoxy groups -OCH3 is 2. The molecule has 0 amide bonds. The van der Waals surface area contributed by atoms with Crippen LogP contribution in [0.2, 0.25) is 5.02 Å². The van der Waals surface area contributed by atoms with Gasteiger partial charge >= 0.3 is 11.9 Å². The standard InChI is InChI=1S/C22H16ClNO4/c1-27-19(25)22(20(26)28-2)18(13-6-4-3-5-7-13)21(22)11-14(12-24)16-9-8-15(23)10-17(16)21/h3-11,18H,1-2H3/t18-,21+/m0/s1. The lowest BCUT2D eigenvalue weighted by atomic mass is 9.87. The number of carbonyl (C=O) groups is 2. The molecule has 2 aliphatic rings. The summed E-state index contributed by atoms with van der Waals surface area (Å²) in [6.45, 7) is 0. The Labute approximate surface area is 167 Å². The predicted octanol–water partition coefficient (Wildman–Crippen LogP) is 3.63. The van der Waals surface area contributed by atoms with Crippen LogP contribution in [0.3, 0.4) is 0 Å². The van der Waals surface area contributed by atoms with Crippen LogP contribution in [0.4, 0.5) is 0 Å². The van der Waals surface area contributed by atoms with E-state index in [1.54, 1.807) is 24.3 Å². The number of carbonyl (C=O) groups excluding carboxylic acids is 2. The van der Waals surface area contributed by atoms with Crippen LogP contribution >= 0.6 is 11.6 Å². The van der Waals surface area contributed by atoms with E-state index < -0.39 is 28.7 Å². The van der Waals surface area contributed by atoms with Crippen LogP contribution in [-0.4, -0.2) is 26.2 Å². The highest BCUT2D eigenvalue weighted by molar-refractivity contribution is 6.30. The second kappa shape index (κ2) is 6.22. The van der Waals surface area contributed by atoms with Crippen LogP contribution in [0, 0.1) is 16.7 Å². The van der Waals surface area contributed by atoms with Crippen LogP contribution in [0.1, 0.15) is 22.6 Å². The van der Waals surface area contributed by atoms with Gasteiger partial charge in [0.05, 0.1) is 31.3 Å². The Hall–Kier alpha value is -3.10. The number of benzene rings is 2. The molecule has 2 aromatic carbocycles. The maximum absolute atomic E-state index is 13.1. The number of halogens is 1. The minimum Gasteiger partial charge on any atom is -0.468 e. The molecule has 1 fully saturated rings. The lowest BCUT2D eigenvalue weighted by Crippen LogP contribution is -2.35. The fourth-order valence-electron chi connectivity index (χ4n) is 4.77. The van der Waals surface area contributed by atoms with Crippen molar-refractivity contribution in [3.05, 3.63) is 76.3 Å². The summed E-state index contributed by atoms with van der Waals surface area (Å²) in [4.78, 5) is 26.1. The van der Waals surface area contributed by atoms with E-state index >= 15 is 0 Å². The minimum absolute atomic E-state index is 0.391. The summed E-state index contributed by atoms with van der Waals surface area (Å²) >= 11 is 6.24. The number of hydrogen-bond acceptors (Lipinski definition) is 5. The van der Waals surface area contributed by atoms with Gasteiger partial charge in [-0.2, -0.15) is 5.26 Å². The van der Waals surface area contributed by atoms with Crippen LogP contribution < -0.4 is 0 Å². The summed E-state index contributed by atoms with van der Waals surface area (Å²) < 4.78 is 10.1. The van der Waals surface area contributed by atoms with Crippen molar-refractivity contribution in [1.29, 1.82) is 5.26 Å². The van der Waals surface area contributed by atoms with Crippen LogP contribution in [-0.2, 0) is 24.5 Å². The summed E-state index contributed by atoms with van der Waals surface area (Å²) in [6.07, 6.45) is 1.69. The van der Waals surface area contributed by atoms with Crippen molar-refractivity contribution >= 4 is 29.1 Å². The Morgan fingerprint density at radius 1 is 1.07 bits per heavy atom. The highest BCUT2D eigenvalue weighted by atomic mass is 35.5. The number of esters is 2. The topological polar surface area (TPSA) is 76.4 Å². The number of fused-ring (bicyclic) bond motifs is 2. The maximum atomic E-state index is 13.1. The van der Waals surface area contributed by atoms with Gasteiger partial charge < -0.3 is 9.47 Å². The summed E-state index contributed by atoms with van der Waals surface area (Å²) in [5.74, 6) is -1.98. The second-order valence-corrected chi connectivity index (χ2v) is 7.30. The molecule has 140 valence electrons. The number of allylic oxidation sites excluding steroid dienone is 2. The molecule has 0 heterocycles. The van der Waals surface area contributed by atoms with Gasteiger partial charge in [-0.15, -0.1) is 0 Å². The molecule has 0 saturated heterocycles. The SMILES string of the molecule is COC(=O)C1(C(=O)OC)[C@@H](c2ccccc2)[C@]12C=C(C#N)c1ccc(Cl)cc12. The fourth-order valence-corrected chi connectivity index (χ4v) is 4.94. The third-order valence-corrected chi connectivity index (χ3v) is 6.05. The van der Waals surface area contributed by atoms with Crippen molar-refractivity contribution in [2.75, 3.05) is 14.2 Å². The van der Waals surface area contributed by atoms with E-state index in [2.05, 4.69) is 6.07 Å². The predicted molar refractivity (Wildman–Crippen MR) is 102 cm³/mol. The monoisotopic (exact) mass is 393 g/mol. The highest BCUT2D eigenvalue weighted by Crippen LogP contribution is 2.79. The zero-order valence-corrected chi connectivity index (χ0v) is 16.0. The third-order valence-electron chi connectivity index (χ3n) is 5.82. The average Bonchev–Trinajstić information content (AvgIpc) is 3.22. The molecule has 0 radical (unpaired) electrons. The van der Waals surface area contributed by atoms with E-state index in [-0.39, 0.29) is 0 Å². The molecule has 6 heteroatoms. The van der Waals surface area contributed by atoms with Crippen molar-refractivity contribution in [3.8, 4) is 6.07 Å². The first-order valence-corrected chi connectivity index (χ1v) is 9.02. The van der Waals surface area contributed by atoms with Gasteiger partial charge in [-0.05, 0) is 28.8 Å². The molecule has 0 aliphatic heterocycles. The Morgan fingerprint density at radius 2 is 1.71 bits per heavy atom. The first kappa shape index (κ1) is 18.3. The van der Waals surface area contributed by atoms with E-state index in [1.807, 2.05) is 30.3 Å². The van der Waals surface area contributed by atoms with Gasteiger partial charge in [0, 0.05) is 10.9 Å². The molecule has 1 spiro atoms. The average molecular weight is 394 g/mol. The fraction of sp³-hybridized carbons (Fsp3) is 0.227. The van der Waals surface area contributed by atoms with Gasteiger partial charge in [-0.3, -0.25) is 9.59 Å².